The van der Waals surface area contributed by atoms with Gasteiger partial charge in [-0.1, -0.05) is 36.4 Å². The SMILES string of the molecule is O=C(CCCCNc1c2c(nc3ccccc13)CCCC2)NCCc1c[nH]c2ccccc12. The number of benzene rings is 2. The minimum Gasteiger partial charge on any atom is -0.384 e. The Morgan fingerprint density at radius 3 is 2.70 bits per heavy atom. The number of hydrogen-bond donors (Lipinski definition) is 3. The third kappa shape index (κ3) is 4.87. The number of pyridine rings is 1. The zero-order chi connectivity index (χ0) is 22.5. The number of nitrogens with zero attached hydrogens (tertiary/aromatic N) is 1. The summed E-state index contributed by atoms with van der Waals surface area (Å²) in [5, 5.41) is 9.23. The van der Waals surface area contributed by atoms with Gasteiger partial charge in [-0.2, -0.15) is 0 Å². The first-order valence-corrected chi connectivity index (χ1v) is 12.3. The summed E-state index contributed by atoms with van der Waals surface area (Å²) >= 11 is 0. The Morgan fingerprint density at radius 2 is 1.76 bits per heavy atom. The lowest BCUT2D eigenvalue weighted by Crippen LogP contribution is -2.25. The van der Waals surface area contributed by atoms with E-state index in [1.807, 2.05) is 12.3 Å². The lowest BCUT2D eigenvalue weighted by Gasteiger charge is -2.21. The van der Waals surface area contributed by atoms with E-state index < -0.39 is 0 Å². The van der Waals surface area contributed by atoms with E-state index in [-0.39, 0.29) is 5.91 Å². The van der Waals surface area contributed by atoms with Gasteiger partial charge in [-0.3, -0.25) is 9.78 Å². The molecule has 1 amide bonds. The summed E-state index contributed by atoms with van der Waals surface area (Å²) in [6, 6.07) is 16.7. The third-order valence-corrected chi connectivity index (χ3v) is 6.69. The van der Waals surface area contributed by atoms with Gasteiger partial charge in [0.25, 0.3) is 0 Å². The summed E-state index contributed by atoms with van der Waals surface area (Å²) in [7, 11) is 0. The lowest BCUT2D eigenvalue weighted by atomic mass is 9.92. The van der Waals surface area contributed by atoms with Gasteiger partial charge in [-0.05, 0) is 68.2 Å². The molecular formula is C28H32N4O. The second-order valence-electron chi connectivity index (χ2n) is 8.98. The molecule has 2 aromatic carbocycles. The van der Waals surface area contributed by atoms with Crippen molar-refractivity contribution in [3.8, 4) is 0 Å². The van der Waals surface area contributed by atoms with Crippen LogP contribution in [0.25, 0.3) is 21.8 Å². The molecule has 5 rings (SSSR count). The number of H-pyrrole nitrogens is 1. The van der Waals surface area contributed by atoms with Crippen LogP contribution in [0.4, 0.5) is 5.69 Å². The van der Waals surface area contributed by atoms with E-state index in [1.54, 1.807) is 0 Å². The van der Waals surface area contributed by atoms with Gasteiger partial charge in [0.2, 0.25) is 5.91 Å². The average molecular weight is 441 g/mol. The second kappa shape index (κ2) is 10.1. The van der Waals surface area contributed by atoms with Gasteiger partial charge in [0, 0.05) is 53.4 Å². The molecule has 4 aromatic rings. The fourth-order valence-corrected chi connectivity index (χ4v) is 4.96. The van der Waals surface area contributed by atoms with Crippen molar-refractivity contribution in [3.05, 3.63) is 71.5 Å². The van der Waals surface area contributed by atoms with Crippen LogP contribution in [-0.2, 0) is 24.1 Å². The van der Waals surface area contributed by atoms with Crippen LogP contribution in [-0.4, -0.2) is 29.0 Å². The fraction of sp³-hybridized carbons (Fsp3) is 0.357. The molecule has 2 aromatic heterocycles. The lowest BCUT2D eigenvalue weighted by molar-refractivity contribution is -0.121. The summed E-state index contributed by atoms with van der Waals surface area (Å²) in [4.78, 5) is 20.5. The van der Waals surface area contributed by atoms with E-state index >= 15 is 0 Å². The van der Waals surface area contributed by atoms with E-state index in [0.29, 0.717) is 13.0 Å². The number of aryl methyl sites for hydroxylation is 1. The average Bonchev–Trinajstić information content (AvgIpc) is 3.26. The smallest absolute Gasteiger partial charge is 0.220 e. The van der Waals surface area contributed by atoms with E-state index in [9.17, 15) is 4.79 Å². The predicted molar refractivity (Wildman–Crippen MR) is 136 cm³/mol. The van der Waals surface area contributed by atoms with Crippen LogP contribution in [0.1, 0.15) is 48.9 Å². The van der Waals surface area contributed by atoms with Crippen molar-refractivity contribution in [1.29, 1.82) is 0 Å². The molecule has 0 fully saturated rings. The molecule has 5 heteroatoms. The maximum atomic E-state index is 12.3. The number of hydrogen-bond acceptors (Lipinski definition) is 3. The van der Waals surface area contributed by atoms with Crippen molar-refractivity contribution in [2.75, 3.05) is 18.4 Å². The van der Waals surface area contributed by atoms with Crippen LogP contribution >= 0.6 is 0 Å². The Kier molecular flexibility index (Phi) is 6.56. The normalized spacial score (nSPS) is 13.2. The largest absolute Gasteiger partial charge is 0.384 e. The zero-order valence-electron chi connectivity index (χ0n) is 19.1. The first-order chi connectivity index (χ1) is 16.3. The molecule has 0 atom stereocenters. The Labute approximate surface area is 195 Å². The number of nitrogens with one attached hydrogen (secondary N) is 3. The number of carbonyl (C=O) groups excluding carboxylic acids is 1. The van der Waals surface area contributed by atoms with Crippen molar-refractivity contribution < 1.29 is 4.79 Å². The fourth-order valence-electron chi connectivity index (χ4n) is 4.96. The number of unbranched alkanes of at least 4 members (excludes halogenated alkanes) is 1. The summed E-state index contributed by atoms with van der Waals surface area (Å²) in [6.45, 7) is 1.55. The quantitative estimate of drug-likeness (QED) is 0.300. The number of anilines is 1. The van der Waals surface area contributed by atoms with E-state index in [0.717, 1.165) is 49.7 Å². The molecular weight excluding hydrogens is 408 g/mol. The summed E-state index contributed by atoms with van der Waals surface area (Å²) in [5.74, 6) is 0.140. The van der Waals surface area contributed by atoms with Crippen molar-refractivity contribution in [2.45, 2.75) is 51.4 Å². The molecule has 0 unspecified atom stereocenters. The van der Waals surface area contributed by atoms with Crippen molar-refractivity contribution in [2.24, 2.45) is 0 Å². The third-order valence-electron chi connectivity index (χ3n) is 6.69. The molecule has 33 heavy (non-hydrogen) atoms. The molecule has 1 aliphatic carbocycles. The number of rotatable bonds is 9. The first kappa shape index (κ1) is 21.5. The molecule has 5 nitrogen and oxygen atoms in total. The monoisotopic (exact) mass is 440 g/mol. The van der Waals surface area contributed by atoms with Crippen LogP contribution < -0.4 is 10.6 Å². The molecule has 0 bridgehead atoms. The molecule has 0 aliphatic heterocycles. The van der Waals surface area contributed by atoms with Crippen LogP contribution in [0.5, 0.6) is 0 Å². The highest BCUT2D eigenvalue weighted by Gasteiger charge is 2.17. The Bertz CT molecular complexity index is 1260. The Balaban J connectivity index is 1.08. The highest BCUT2D eigenvalue weighted by molar-refractivity contribution is 5.93. The topological polar surface area (TPSA) is 69.8 Å². The standard InChI is InChI=1S/C28H32N4O/c33-27(29-18-16-20-19-31-24-12-4-1-9-21(20)24)15-7-8-17-30-28-22-10-2-5-13-25(22)32-26-14-6-3-11-23(26)28/h1-2,4-5,9-10,12-13,19,31H,3,6-8,11,14-18H2,(H,29,33)(H,30,32). The molecule has 3 N–H and O–H groups in total. The van der Waals surface area contributed by atoms with Crippen LogP contribution in [0.3, 0.4) is 0 Å². The van der Waals surface area contributed by atoms with Gasteiger partial charge in [0.05, 0.1) is 5.52 Å². The van der Waals surface area contributed by atoms with Gasteiger partial charge in [-0.15, -0.1) is 0 Å². The summed E-state index contributed by atoms with van der Waals surface area (Å²) < 4.78 is 0. The van der Waals surface area contributed by atoms with Crippen LogP contribution in [0.2, 0.25) is 0 Å². The number of amides is 1. The molecule has 0 saturated carbocycles. The highest BCUT2D eigenvalue weighted by atomic mass is 16.1. The van der Waals surface area contributed by atoms with Gasteiger partial charge in [0.1, 0.15) is 0 Å². The van der Waals surface area contributed by atoms with Crippen LogP contribution in [0.15, 0.2) is 54.7 Å². The predicted octanol–water partition coefficient (Wildman–Crippen LogP) is 5.54. The number of aromatic amines is 1. The highest BCUT2D eigenvalue weighted by Crippen LogP contribution is 2.33. The molecule has 1 aliphatic rings. The zero-order valence-corrected chi connectivity index (χ0v) is 19.1. The molecule has 170 valence electrons. The van der Waals surface area contributed by atoms with E-state index in [2.05, 4.69) is 58.1 Å². The number of para-hydroxylation sites is 2. The molecule has 2 heterocycles. The van der Waals surface area contributed by atoms with Crippen molar-refractivity contribution >= 4 is 33.4 Å². The molecule has 0 spiro atoms. The van der Waals surface area contributed by atoms with Gasteiger partial charge in [-0.25, -0.2) is 0 Å². The number of fused-ring (bicyclic) bond motifs is 3. The number of aromatic nitrogens is 2. The molecule has 0 radical (unpaired) electrons. The second-order valence-corrected chi connectivity index (χ2v) is 8.98. The molecule has 0 saturated heterocycles. The first-order valence-electron chi connectivity index (χ1n) is 12.3. The van der Waals surface area contributed by atoms with E-state index in [4.69, 9.17) is 4.98 Å². The van der Waals surface area contributed by atoms with Gasteiger partial charge < -0.3 is 15.6 Å². The maximum Gasteiger partial charge on any atom is 0.220 e. The van der Waals surface area contributed by atoms with Gasteiger partial charge in [0.15, 0.2) is 0 Å². The Hall–Kier alpha value is -3.34. The maximum absolute atomic E-state index is 12.3. The van der Waals surface area contributed by atoms with Crippen molar-refractivity contribution in [3.63, 3.8) is 0 Å². The van der Waals surface area contributed by atoms with Crippen molar-refractivity contribution in [1.82, 2.24) is 15.3 Å². The number of carbonyl (C=O) groups is 1. The van der Waals surface area contributed by atoms with E-state index in [1.165, 1.54) is 46.1 Å². The Morgan fingerprint density at radius 1 is 0.939 bits per heavy atom. The summed E-state index contributed by atoms with van der Waals surface area (Å²) in [6.07, 6.45) is 9.97. The van der Waals surface area contributed by atoms with Gasteiger partial charge >= 0.3 is 0 Å². The summed E-state index contributed by atoms with van der Waals surface area (Å²) in [5.41, 5.74) is 7.40. The van der Waals surface area contributed by atoms with Crippen LogP contribution in [0, 0.1) is 0 Å². The minimum absolute atomic E-state index is 0.140. The minimum atomic E-state index is 0.140.